The number of halogens is 1. The minimum Gasteiger partial charge on any atom is -0.478 e. The molecule has 26 heavy (non-hydrogen) atoms. The van der Waals surface area contributed by atoms with Gasteiger partial charge in [-0.25, -0.2) is 19.2 Å². The summed E-state index contributed by atoms with van der Waals surface area (Å²) >= 11 is 0. The fourth-order valence-electron chi connectivity index (χ4n) is 3.41. The highest BCUT2D eigenvalue weighted by Gasteiger charge is 2.22. The van der Waals surface area contributed by atoms with E-state index in [-0.39, 0.29) is 11.4 Å². The number of anilines is 2. The van der Waals surface area contributed by atoms with E-state index in [0.29, 0.717) is 42.8 Å². The first-order valence-electron chi connectivity index (χ1n) is 8.35. The number of nitrogens with zero attached hydrogens (tertiary/aromatic N) is 4. The van der Waals surface area contributed by atoms with E-state index in [1.807, 2.05) is 11.0 Å². The standard InChI is InChI=1S/C19H17FN4O2/c20-15-3-1-2-4-17(15)24-9-7-23(8-10-24)16-6-5-13(19(25)26)18-14(16)11-21-12-22-18/h1-6,11-12H,7-10H2,(H,25,26). The van der Waals surface area contributed by atoms with Crippen molar-refractivity contribution in [3.05, 3.63) is 60.3 Å². The summed E-state index contributed by atoms with van der Waals surface area (Å²) in [5, 5.41) is 10.1. The lowest BCUT2D eigenvalue weighted by atomic mass is 10.1. The third-order valence-corrected chi connectivity index (χ3v) is 4.70. The van der Waals surface area contributed by atoms with Crippen LogP contribution in [0.2, 0.25) is 0 Å². The van der Waals surface area contributed by atoms with Crippen molar-refractivity contribution in [2.24, 2.45) is 0 Å². The molecule has 0 bridgehead atoms. The zero-order chi connectivity index (χ0) is 18.1. The van der Waals surface area contributed by atoms with E-state index in [9.17, 15) is 14.3 Å². The highest BCUT2D eigenvalue weighted by atomic mass is 19.1. The lowest BCUT2D eigenvalue weighted by molar-refractivity contribution is 0.0699. The lowest BCUT2D eigenvalue weighted by Gasteiger charge is -2.37. The van der Waals surface area contributed by atoms with Crippen LogP contribution < -0.4 is 9.80 Å². The van der Waals surface area contributed by atoms with Gasteiger partial charge in [0.05, 0.1) is 16.8 Å². The van der Waals surface area contributed by atoms with Gasteiger partial charge in [-0.1, -0.05) is 12.1 Å². The Morgan fingerprint density at radius 3 is 2.38 bits per heavy atom. The van der Waals surface area contributed by atoms with Gasteiger partial charge in [0.2, 0.25) is 0 Å². The Kier molecular flexibility index (Phi) is 4.12. The maximum Gasteiger partial charge on any atom is 0.337 e. The van der Waals surface area contributed by atoms with Crippen LogP contribution in [0, 0.1) is 5.82 Å². The van der Waals surface area contributed by atoms with E-state index in [2.05, 4.69) is 14.9 Å². The highest BCUT2D eigenvalue weighted by molar-refractivity contribution is 6.05. The highest BCUT2D eigenvalue weighted by Crippen LogP contribution is 2.29. The molecule has 1 N–H and O–H groups in total. The van der Waals surface area contributed by atoms with Crippen molar-refractivity contribution in [3.8, 4) is 0 Å². The largest absolute Gasteiger partial charge is 0.478 e. The summed E-state index contributed by atoms with van der Waals surface area (Å²) in [5.74, 6) is -1.23. The number of aromatic nitrogens is 2. The predicted molar refractivity (Wildman–Crippen MR) is 97.3 cm³/mol. The molecule has 3 aromatic rings. The molecular formula is C19H17FN4O2. The summed E-state index contributed by atoms with van der Waals surface area (Å²) < 4.78 is 14.0. The molecule has 1 aromatic heterocycles. The summed E-state index contributed by atoms with van der Waals surface area (Å²) in [6.45, 7) is 2.75. The number of rotatable bonds is 3. The van der Waals surface area contributed by atoms with Crippen molar-refractivity contribution in [1.82, 2.24) is 9.97 Å². The van der Waals surface area contributed by atoms with Crippen molar-refractivity contribution in [2.45, 2.75) is 0 Å². The number of carboxylic acid groups (broad SMARTS) is 1. The quantitative estimate of drug-likeness (QED) is 0.782. The van der Waals surface area contributed by atoms with Crippen molar-refractivity contribution in [1.29, 1.82) is 0 Å². The van der Waals surface area contributed by atoms with Crippen molar-refractivity contribution < 1.29 is 14.3 Å². The summed E-state index contributed by atoms with van der Waals surface area (Å²) in [4.78, 5) is 23.8. The number of carbonyl (C=O) groups is 1. The Labute approximate surface area is 149 Å². The Bertz CT molecular complexity index is 971. The third-order valence-electron chi connectivity index (χ3n) is 4.70. The molecule has 0 aliphatic carbocycles. The maximum atomic E-state index is 14.0. The summed E-state index contributed by atoms with van der Waals surface area (Å²) in [6, 6.07) is 10.2. The Hall–Kier alpha value is -3.22. The molecule has 7 heteroatoms. The zero-order valence-corrected chi connectivity index (χ0v) is 14.0. The molecule has 0 saturated carbocycles. The van der Waals surface area contributed by atoms with Crippen molar-refractivity contribution >= 4 is 28.2 Å². The monoisotopic (exact) mass is 352 g/mol. The molecule has 2 heterocycles. The molecule has 1 aliphatic heterocycles. The van der Waals surface area contributed by atoms with Gasteiger partial charge in [-0.15, -0.1) is 0 Å². The van der Waals surface area contributed by atoms with Crippen LogP contribution in [-0.4, -0.2) is 47.2 Å². The minimum atomic E-state index is -1.01. The number of hydrogen-bond acceptors (Lipinski definition) is 5. The second-order valence-electron chi connectivity index (χ2n) is 6.15. The van der Waals surface area contributed by atoms with Gasteiger partial charge < -0.3 is 14.9 Å². The van der Waals surface area contributed by atoms with Gasteiger partial charge in [0.1, 0.15) is 12.1 Å². The number of benzene rings is 2. The SMILES string of the molecule is O=C(O)c1ccc(N2CCN(c3ccccc3F)CC2)c2cncnc12. The Morgan fingerprint density at radius 2 is 1.69 bits per heavy atom. The minimum absolute atomic E-state index is 0.163. The van der Waals surface area contributed by atoms with E-state index in [4.69, 9.17) is 0 Å². The molecule has 0 radical (unpaired) electrons. The van der Waals surface area contributed by atoms with Gasteiger partial charge >= 0.3 is 5.97 Å². The molecule has 0 unspecified atom stereocenters. The molecule has 0 amide bonds. The van der Waals surface area contributed by atoms with Crippen LogP contribution in [0.15, 0.2) is 48.9 Å². The summed E-state index contributed by atoms with van der Waals surface area (Å²) in [6.07, 6.45) is 3.00. The maximum absolute atomic E-state index is 14.0. The van der Waals surface area contributed by atoms with Gasteiger partial charge in [-0.2, -0.15) is 0 Å². The smallest absolute Gasteiger partial charge is 0.337 e. The van der Waals surface area contributed by atoms with Crippen LogP contribution in [0.5, 0.6) is 0 Å². The first-order chi connectivity index (χ1) is 12.6. The number of carboxylic acids is 1. The fourth-order valence-corrected chi connectivity index (χ4v) is 3.41. The molecular weight excluding hydrogens is 335 g/mol. The number of hydrogen-bond donors (Lipinski definition) is 1. The van der Waals surface area contributed by atoms with Crippen LogP contribution in [-0.2, 0) is 0 Å². The molecule has 1 saturated heterocycles. The van der Waals surface area contributed by atoms with E-state index in [1.165, 1.54) is 12.4 Å². The average molecular weight is 352 g/mol. The topological polar surface area (TPSA) is 69.6 Å². The van der Waals surface area contributed by atoms with Crippen LogP contribution in [0.25, 0.3) is 10.9 Å². The van der Waals surface area contributed by atoms with Crippen molar-refractivity contribution in [2.75, 3.05) is 36.0 Å². The molecule has 0 spiro atoms. The molecule has 132 valence electrons. The fraction of sp³-hybridized carbons (Fsp3) is 0.211. The van der Waals surface area contributed by atoms with Crippen molar-refractivity contribution in [3.63, 3.8) is 0 Å². The van der Waals surface area contributed by atoms with E-state index >= 15 is 0 Å². The normalized spacial score (nSPS) is 14.7. The zero-order valence-electron chi connectivity index (χ0n) is 14.0. The molecule has 0 atom stereocenters. The van der Waals surface area contributed by atoms with Gasteiger partial charge in [0, 0.05) is 43.4 Å². The Balaban J connectivity index is 1.62. The molecule has 4 rings (SSSR count). The number of piperazine rings is 1. The average Bonchev–Trinajstić information content (AvgIpc) is 2.67. The molecule has 1 fully saturated rings. The predicted octanol–water partition coefficient (Wildman–Crippen LogP) is 2.79. The van der Waals surface area contributed by atoms with Crippen LogP contribution in [0.4, 0.5) is 15.8 Å². The van der Waals surface area contributed by atoms with Crippen LogP contribution in [0.3, 0.4) is 0 Å². The molecule has 1 aliphatic rings. The van der Waals surface area contributed by atoms with Gasteiger partial charge in [0.15, 0.2) is 0 Å². The third kappa shape index (κ3) is 2.81. The van der Waals surface area contributed by atoms with E-state index < -0.39 is 5.97 Å². The van der Waals surface area contributed by atoms with E-state index in [1.54, 1.807) is 30.5 Å². The summed E-state index contributed by atoms with van der Waals surface area (Å²) in [5.41, 5.74) is 2.11. The lowest BCUT2D eigenvalue weighted by Crippen LogP contribution is -2.46. The van der Waals surface area contributed by atoms with Gasteiger partial charge in [-0.3, -0.25) is 0 Å². The molecule has 6 nitrogen and oxygen atoms in total. The summed E-state index contributed by atoms with van der Waals surface area (Å²) in [7, 11) is 0. The van der Waals surface area contributed by atoms with Gasteiger partial charge in [-0.05, 0) is 24.3 Å². The number of para-hydroxylation sites is 1. The van der Waals surface area contributed by atoms with Crippen LogP contribution >= 0.6 is 0 Å². The number of aromatic carboxylic acids is 1. The molecule has 2 aromatic carbocycles. The van der Waals surface area contributed by atoms with Crippen LogP contribution in [0.1, 0.15) is 10.4 Å². The van der Waals surface area contributed by atoms with Gasteiger partial charge in [0.25, 0.3) is 0 Å². The first-order valence-corrected chi connectivity index (χ1v) is 8.35. The number of fused-ring (bicyclic) bond motifs is 1. The first kappa shape index (κ1) is 16.3. The second kappa shape index (κ2) is 6.59. The second-order valence-corrected chi connectivity index (χ2v) is 6.15. The van der Waals surface area contributed by atoms with E-state index in [0.717, 1.165) is 5.69 Å². The Morgan fingerprint density at radius 1 is 1.00 bits per heavy atom.